The summed E-state index contributed by atoms with van der Waals surface area (Å²) in [6, 6.07) is 1.73. The fourth-order valence-corrected chi connectivity index (χ4v) is 4.07. The minimum absolute atomic E-state index is 0.103. The second kappa shape index (κ2) is 5.69. The number of nitrogens with one attached hydrogen (secondary N) is 1. The van der Waals surface area contributed by atoms with Crippen LogP contribution in [0, 0.1) is 24.7 Å². The predicted molar refractivity (Wildman–Crippen MR) is 89.8 cm³/mol. The Morgan fingerprint density at radius 2 is 2.32 bits per heavy atom. The number of aromatic nitrogens is 1. The van der Waals surface area contributed by atoms with Crippen LogP contribution in [-0.2, 0) is 14.3 Å². The summed E-state index contributed by atoms with van der Waals surface area (Å²) in [6.07, 6.45) is 4.43. The normalized spacial score (nSPS) is 32.7. The molecule has 0 aromatic carbocycles. The van der Waals surface area contributed by atoms with Crippen LogP contribution in [0.25, 0.3) is 0 Å². The standard InChI is InChI=1S/C18H23N3O4/c1-10(2)5-7-19-16(22)14-12-4-6-18(24-12)9-21(17(23)15(14)18)13-8-11(3)25-20-13/h4,6,8,10,12,14-15H,5,7,9H2,1-3H3,(H,19,22)/t12-,14+,15-,18-/m1/s1. The summed E-state index contributed by atoms with van der Waals surface area (Å²) in [6.45, 7) is 6.99. The fraction of sp³-hybridized carbons (Fsp3) is 0.611. The zero-order valence-corrected chi connectivity index (χ0v) is 14.7. The zero-order valence-electron chi connectivity index (χ0n) is 14.7. The lowest BCUT2D eigenvalue weighted by Crippen LogP contribution is -2.44. The van der Waals surface area contributed by atoms with Crippen LogP contribution in [0.3, 0.4) is 0 Å². The largest absolute Gasteiger partial charge is 0.360 e. The van der Waals surface area contributed by atoms with Crippen LogP contribution in [0.2, 0.25) is 0 Å². The van der Waals surface area contributed by atoms with E-state index < -0.39 is 17.4 Å². The summed E-state index contributed by atoms with van der Waals surface area (Å²) in [5.74, 6) is 0.424. The monoisotopic (exact) mass is 345 g/mol. The van der Waals surface area contributed by atoms with Crippen LogP contribution in [0.15, 0.2) is 22.7 Å². The van der Waals surface area contributed by atoms with Gasteiger partial charge in [0.25, 0.3) is 0 Å². The SMILES string of the molecule is Cc1cc(N2C[C@@]34C=C[C@@H](O3)[C@H](C(=O)NCCC(C)C)[C@@H]4C2=O)no1. The topological polar surface area (TPSA) is 84.7 Å². The number of rotatable bonds is 5. The van der Waals surface area contributed by atoms with Gasteiger partial charge in [0.05, 0.1) is 24.5 Å². The number of aryl methyl sites for hydroxylation is 1. The summed E-state index contributed by atoms with van der Waals surface area (Å²) in [4.78, 5) is 27.3. The highest BCUT2D eigenvalue weighted by Gasteiger charge is 2.67. The molecule has 1 spiro atoms. The molecule has 0 unspecified atom stereocenters. The molecule has 0 radical (unpaired) electrons. The van der Waals surface area contributed by atoms with Crippen molar-refractivity contribution in [1.82, 2.24) is 10.5 Å². The first-order valence-corrected chi connectivity index (χ1v) is 8.81. The number of hydrogen-bond donors (Lipinski definition) is 1. The van der Waals surface area contributed by atoms with Crippen molar-refractivity contribution >= 4 is 17.6 Å². The lowest BCUT2D eigenvalue weighted by atomic mass is 9.77. The summed E-state index contributed by atoms with van der Waals surface area (Å²) in [5, 5.41) is 6.91. The Labute approximate surface area is 146 Å². The molecule has 1 aromatic heterocycles. The molecule has 2 amide bonds. The van der Waals surface area contributed by atoms with Gasteiger partial charge < -0.3 is 14.6 Å². The van der Waals surface area contributed by atoms with E-state index in [0.29, 0.717) is 30.6 Å². The van der Waals surface area contributed by atoms with Crippen molar-refractivity contribution in [2.75, 3.05) is 18.0 Å². The second-order valence-corrected chi connectivity index (χ2v) is 7.59. The number of carbonyl (C=O) groups excluding carboxylic acids is 2. The molecule has 3 aliphatic heterocycles. The van der Waals surface area contributed by atoms with Gasteiger partial charge in [0.2, 0.25) is 11.8 Å². The number of nitrogens with zero attached hydrogens (tertiary/aromatic N) is 2. The quantitative estimate of drug-likeness (QED) is 0.816. The summed E-state index contributed by atoms with van der Waals surface area (Å²) >= 11 is 0. The van der Waals surface area contributed by atoms with E-state index in [9.17, 15) is 9.59 Å². The maximum absolute atomic E-state index is 13.0. The molecular formula is C18H23N3O4. The minimum atomic E-state index is -0.728. The van der Waals surface area contributed by atoms with Gasteiger partial charge in [-0.05, 0) is 19.3 Å². The van der Waals surface area contributed by atoms with Gasteiger partial charge in [0, 0.05) is 12.6 Å². The Morgan fingerprint density at radius 3 is 3.00 bits per heavy atom. The molecule has 7 heteroatoms. The van der Waals surface area contributed by atoms with Crippen molar-refractivity contribution in [1.29, 1.82) is 0 Å². The first kappa shape index (κ1) is 16.3. The average molecular weight is 345 g/mol. The highest BCUT2D eigenvalue weighted by atomic mass is 16.5. The van der Waals surface area contributed by atoms with Crippen molar-refractivity contribution in [3.05, 3.63) is 24.0 Å². The third kappa shape index (κ3) is 2.49. The molecule has 2 fully saturated rings. The van der Waals surface area contributed by atoms with Crippen molar-refractivity contribution < 1.29 is 18.8 Å². The van der Waals surface area contributed by atoms with E-state index in [4.69, 9.17) is 9.26 Å². The number of fused-ring (bicyclic) bond motifs is 1. The number of ether oxygens (including phenoxy) is 1. The molecule has 4 rings (SSSR count). The molecule has 2 saturated heterocycles. The molecule has 4 atom stereocenters. The molecule has 134 valence electrons. The molecule has 4 heterocycles. The maximum Gasteiger partial charge on any atom is 0.235 e. The maximum atomic E-state index is 13.0. The molecule has 7 nitrogen and oxygen atoms in total. The molecule has 25 heavy (non-hydrogen) atoms. The van der Waals surface area contributed by atoms with Gasteiger partial charge in [-0.3, -0.25) is 14.5 Å². The van der Waals surface area contributed by atoms with Crippen molar-refractivity contribution in [2.24, 2.45) is 17.8 Å². The van der Waals surface area contributed by atoms with Crippen LogP contribution in [0.4, 0.5) is 5.82 Å². The van der Waals surface area contributed by atoms with E-state index in [-0.39, 0.29) is 17.9 Å². The molecular weight excluding hydrogens is 322 g/mol. The molecule has 0 aliphatic carbocycles. The first-order chi connectivity index (χ1) is 11.9. The van der Waals surface area contributed by atoms with E-state index >= 15 is 0 Å². The number of amides is 2. The van der Waals surface area contributed by atoms with Gasteiger partial charge in [-0.2, -0.15) is 0 Å². The van der Waals surface area contributed by atoms with Crippen LogP contribution >= 0.6 is 0 Å². The first-order valence-electron chi connectivity index (χ1n) is 8.81. The lowest BCUT2D eigenvalue weighted by molar-refractivity contribution is -0.131. The average Bonchev–Trinajstić information content (AvgIpc) is 3.28. The van der Waals surface area contributed by atoms with E-state index in [2.05, 4.69) is 24.3 Å². The van der Waals surface area contributed by atoms with Gasteiger partial charge in [-0.25, -0.2) is 0 Å². The summed E-state index contributed by atoms with van der Waals surface area (Å²) in [7, 11) is 0. The van der Waals surface area contributed by atoms with Gasteiger partial charge in [-0.15, -0.1) is 0 Å². The highest BCUT2D eigenvalue weighted by Crippen LogP contribution is 2.52. The summed E-state index contributed by atoms with van der Waals surface area (Å²) in [5.41, 5.74) is -0.728. The van der Waals surface area contributed by atoms with Gasteiger partial charge >= 0.3 is 0 Å². The summed E-state index contributed by atoms with van der Waals surface area (Å²) < 4.78 is 11.2. The van der Waals surface area contributed by atoms with Gasteiger partial charge in [-0.1, -0.05) is 31.2 Å². The number of hydrogen-bond acceptors (Lipinski definition) is 5. The van der Waals surface area contributed by atoms with E-state index in [1.54, 1.807) is 17.9 Å². The molecule has 2 bridgehead atoms. The van der Waals surface area contributed by atoms with E-state index in [0.717, 1.165) is 6.42 Å². The van der Waals surface area contributed by atoms with Gasteiger partial charge in [0.15, 0.2) is 5.82 Å². The Hall–Kier alpha value is -2.15. The zero-order chi connectivity index (χ0) is 17.8. The molecule has 1 aromatic rings. The van der Waals surface area contributed by atoms with Gasteiger partial charge in [0.1, 0.15) is 11.4 Å². The van der Waals surface area contributed by atoms with Crippen LogP contribution in [-0.4, -0.2) is 41.8 Å². The van der Waals surface area contributed by atoms with Crippen LogP contribution in [0.5, 0.6) is 0 Å². The number of carbonyl (C=O) groups is 2. The van der Waals surface area contributed by atoms with Crippen LogP contribution in [0.1, 0.15) is 26.0 Å². The Kier molecular flexibility index (Phi) is 3.72. The fourth-order valence-electron chi connectivity index (χ4n) is 4.07. The molecule has 0 saturated carbocycles. The van der Waals surface area contributed by atoms with E-state index in [1.165, 1.54) is 0 Å². The Morgan fingerprint density at radius 1 is 1.52 bits per heavy atom. The number of anilines is 1. The van der Waals surface area contributed by atoms with Crippen molar-refractivity contribution in [3.8, 4) is 0 Å². The smallest absolute Gasteiger partial charge is 0.235 e. The Balaban J connectivity index is 1.55. The van der Waals surface area contributed by atoms with Crippen LogP contribution < -0.4 is 10.2 Å². The predicted octanol–water partition coefficient (Wildman–Crippen LogP) is 1.43. The van der Waals surface area contributed by atoms with Crippen molar-refractivity contribution in [3.63, 3.8) is 0 Å². The second-order valence-electron chi connectivity index (χ2n) is 7.59. The molecule has 3 aliphatic rings. The third-order valence-electron chi connectivity index (χ3n) is 5.32. The third-order valence-corrected chi connectivity index (χ3v) is 5.32. The highest BCUT2D eigenvalue weighted by molar-refractivity contribution is 6.02. The van der Waals surface area contributed by atoms with Crippen molar-refractivity contribution in [2.45, 2.75) is 38.9 Å². The Bertz CT molecular complexity index is 740. The molecule has 1 N–H and O–H groups in total. The lowest BCUT2D eigenvalue weighted by Gasteiger charge is -2.23. The van der Waals surface area contributed by atoms with E-state index in [1.807, 2.05) is 12.2 Å². The minimum Gasteiger partial charge on any atom is -0.360 e.